The molecule has 0 saturated heterocycles. The predicted molar refractivity (Wildman–Crippen MR) is 82.5 cm³/mol. The number of carbonyl (C=O) groups excluding carboxylic acids is 2. The van der Waals surface area contributed by atoms with Crippen LogP contribution >= 0.6 is 11.6 Å². The Morgan fingerprint density at radius 1 is 1.27 bits per heavy atom. The van der Waals surface area contributed by atoms with Gasteiger partial charge in [-0.3, -0.25) is 9.78 Å². The van der Waals surface area contributed by atoms with E-state index in [0.29, 0.717) is 10.6 Å². The molecule has 0 saturated carbocycles. The first kappa shape index (κ1) is 16.0. The number of carbonyl (C=O) groups is 2. The summed E-state index contributed by atoms with van der Waals surface area (Å²) in [5.74, 6) is -0.956. The van der Waals surface area contributed by atoms with E-state index in [4.69, 9.17) is 16.3 Å². The molecule has 2 aromatic rings. The summed E-state index contributed by atoms with van der Waals surface area (Å²) in [4.78, 5) is 27.3. The zero-order valence-electron chi connectivity index (χ0n) is 12.0. The smallest absolute Gasteiger partial charge is 0.340 e. The van der Waals surface area contributed by atoms with Gasteiger partial charge in [-0.2, -0.15) is 0 Å². The fraction of sp³-hybridized carbons (Fsp3) is 0.188. The van der Waals surface area contributed by atoms with Gasteiger partial charge >= 0.3 is 5.97 Å². The fourth-order valence-corrected chi connectivity index (χ4v) is 1.94. The number of nitrogens with zero attached hydrogens (tertiary/aromatic N) is 1. The van der Waals surface area contributed by atoms with Crippen LogP contribution in [0.25, 0.3) is 0 Å². The molecular weight excluding hydrogens is 304 g/mol. The van der Waals surface area contributed by atoms with Crippen molar-refractivity contribution in [2.75, 3.05) is 6.61 Å². The number of hydrogen-bond acceptors (Lipinski definition) is 4. The molecule has 1 heterocycles. The third-order valence-electron chi connectivity index (χ3n) is 2.98. The van der Waals surface area contributed by atoms with E-state index in [2.05, 4.69) is 10.3 Å². The van der Waals surface area contributed by atoms with Crippen molar-refractivity contribution in [3.8, 4) is 0 Å². The number of rotatable bonds is 5. The number of pyridine rings is 1. The summed E-state index contributed by atoms with van der Waals surface area (Å²) >= 11 is 5.81. The van der Waals surface area contributed by atoms with E-state index in [-0.39, 0.29) is 18.6 Å². The van der Waals surface area contributed by atoms with E-state index in [1.165, 1.54) is 6.20 Å². The first-order chi connectivity index (χ1) is 10.6. The molecule has 0 radical (unpaired) electrons. The maximum absolute atomic E-state index is 11.8. The van der Waals surface area contributed by atoms with E-state index in [1.807, 2.05) is 19.1 Å². The average Bonchev–Trinajstić information content (AvgIpc) is 2.54. The van der Waals surface area contributed by atoms with Crippen LogP contribution in [0.4, 0.5) is 0 Å². The number of ether oxygens (including phenoxy) is 1. The molecular formula is C16H15ClN2O3. The van der Waals surface area contributed by atoms with Crippen molar-refractivity contribution < 1.29 is 14.3 Å². The molecule has 6 heteroatoms. The second kappa shape index (κ2) is 7.56. The highest BCUT2D eigenvalue weighted by molar-refractivity contribution is 6.30. The van der Waals surface area contributed by atoms with Crippen LogP contribution in [0.2, 0.25) is 5.02 Å². The number of esters is 1. The van der Waals surface area contributed by atoms with Crippen LogP contribution in [0, 0.1) is 0 Å². The molecule has 0 bridgehead atoms. The maximum atomic E-state index is 11.8. The third kappa shape index (κ3) is 4.56. The van der Waals surface area contributed by atoms with Crippen molar-refractivity contribution in [2.45, 2.75) is 13.0 Å². The molecule has 1 aromatic carbocycles. The lowest BCUT2D eigenvalue weighted by Gasteiger charge is -2.14. The Labute approximate surface area is 133 Å². The summed E-state index contributed by atoms with van der Waals surface area (Å²) in [7, 11) is 0. The standard InChI is InChI=1S/C16H15ClN2O3/c1-11(12-4-6-14(17)7-5-12)19-15(20)10-22-16(21)13-3-2-8-18-9-13/h2-9,11H,10H2,1H3,(H,19,20)/t11-/m0/s1. The minimum absolute atomic E-state index is 0.207. The van der Waals surface area contributed by atoms with Crippen molar-refractivity contribution in [2.24, 2.45) is 0 Å². The molecule has 1 atom stereocenters. The van der Waals surface area contributed by atoms with E-state index in [9.17, 15) is 9.59 Å². The lowest BCUT2D eigenvalue weighted by Crippen LogP contribution is -2.31. The molecule has 2 rings (SSSR count). The summed E-state index contributed by atoms with van der Waals surface area (Å²) in [5, 5.41) is 3.38. The van der Waals surface area contributed by atoms with Crippen LogP contribution in [0.5, 0.6) is 0 Å². The number of halogens is 1. The second-order valence-electron chi connectivity index (χ2n) is 4.66. The number of aromatic nitrogens is 1. The first-order valence-electron chi connectivity index (χ1n) is 6.68. The highest BCUT2D eigenvalue weighted by atomic mass is 35.5. The molecule has 0 aliphatic rings. The van der Waals surface area contributed by atoms with Gasteiger partial charge in [0.1, 0.15) is 0 Å². The van der Waals surface area contributed by atoms with Gasteiger partial charge in [-0.1, -0.05) is 23.7 Å². The normalized spacial score (nSPS) is 11.5. The minimum Gasteiger partial charge on any atom is -0.452 e. The van der Waals surface area contributed by atoms with Crippen molar-refractivity contribution in [1.82, 2.24) is 10.3 Å². The van der Waals surface area contributed by atoms with E-state index in [0.717, 1.165) is 5.56 Å². The highest BCUT2D eigenvalue weighted by Crippen LogP contribution is 2.15. The predicted octanol–water partition coefficient (Wildman–Crippen LogP) is 2.77. The molecule has 0 aliphatic carbocycles. The zero-order valence-corrected chi connectivity index (χ0v) is 12.7. The van der Waals surface area contributed by atoms with Crippen LogP contribution in [-0.4, -0.2) is 23.5 Å². The molecule has 1 N–H and O–H groups in total. The molecule has 5 nitrogen and oxygen atoms in total. The fourth-order valence-electron chi connectivity index (χ4n) is 1.82. The lowest BCUT2D eigenvalue weighted by atomic mass is 10.1. The first-order valence-corrected chi connectivity index (χ1v) is 7.06. The van der Waals surface area contributed by atoms with Crippen LogP contribution in [-0.2, 0) is 9.53 Å². The summed E-state index contributed by atoms with van der Waals surface area (Å²) in [6.45, 7) is 1.50. The van der Waals surface area contributed by atoms with Gasteiger partial charge in [0.2, 0.25) is 0 Å². The van der Waals surface area contributed by atoms with Crippen molar-refractivity contribution >= 4 is 23.5 Å². The van der Waals surface area contributed by atoms with E-state index >= 15 is 0 Å². The van der Waals surface area contributed by atoms with Crippen molar-refractivity contribution in [3.63, 3.8) is 0 Å². The largest absolute Gasteiger partial charge is 0.452 e. The highest BCUT2D eigenvalue weighted by Gasteiger charge is 2.13. The van der Waals surface area contributed by atoms with Gasteiger partial charge in [0.15, 0.2) is 6.61 Å². The zero-order chi connectivity index (χ0) is 15.9. The topological polar surface area (TPSA) is 68.3 Å². The SMILES string of the molecule is C[C@H](NC(=O)COC(=O)c1cccnc1)c1ccc(Cl)cc1. The molecule has 1 amide bonds. The maximum Gasteiger partial charge on any atom is 0.340 e. The Hall–Kier alpha value is -2.40. The molecule has 114 valence electrons. The van der Waals surface area contributed by atoms with E-state index < -0.39 is 5.97 Å². The quantitative estimate of drug-likeness (QED) is 0.861. The molecule has 1 aromatic heterocycles. The summed E-state index contributed by atoms with van der Waals surface area (Å²) in [5.41, 5.74) is 1.22. The molecule has 22 heavy (non-hydrogen) atoms. The van der Waals surface area contributed by atoms with Gasteiger partial charge < -0.3 is 10.1 Å². The number of hydrogen-bond donors (Lipinski definition) is 1. The van der Waals surface area contributed by atoms with E-state index in [1.54, 1.807) is 30.5 Å². The van der Waals surface area contributed by atoms with Crippen LogP contribution in [0.1, 0.15) is 28.9 Å². The number of amides is 1. The van der Waals surface area contributed by atoms with Gasteiger partial charge in [-0.25, -0.2) is 4.79 Å². The number of benzene rings is 1. The Kier molecular flexibility index (Phi) is 5.49. The Morgan fingerprint density at radius 2 is 2.00 bits per heavy atom. The Bertz CT molecular complexity index is 644. The van der Waals surface area contributed by atoms with Gasteiger partial charge in [0, 0.05) is 17.4 Å². The van der Waals surface area contributed by atoms with Crippen molar-refractivity contribution in [1.29, 1.82) is 0 Å². The Balaban J connectivity index is 1.83. The molecule has 0 aliphatic heterocycles. The summed E-state index contributed by atoms with van der Waals surface area (Å²) in [6.07, 6.45) is 2.94. The summed E-state index contributed by atoms with van der Waals surface area (Å²) < 4.78 is 4.93. The van der Waals surface area contributed by atoms with Crippen LogP contribution < -0.4 is 5.32 Å². The average molecular weight is 319 g/mol. The number of nitrogens with one attached hydrogen (secondary N) is 1. The third-order valence-corrected chi connectivity index (χ3v) is 3.23. The van der Waals surface area contributed by atoms with Crippen molar-refractivity contribution in [3.05, 3.63) is 64.9 Å². The molecule has 0 spiro atoms. The Morgan fingerprint density at radius 3 is 2.64 bits per heavy atom. The minimum atomic E-state index is -0.581. The van der Waals surface area contributed by atoms with Gasteiger partial charge in [-0.15, -0.1) is 0 Å². The van der Waals surface area contributed by atoms with Gasteiger partial charge in [0.25, 0.3) is 5.91 Å². The lowest BCUT2D eigenvalue weighted by molar-refractivity contribution is -0.124. The van der Waals surface area contributed by atoms with Gasteiger partial charge in [0.05, 0.1) is 11.6 Å². The van der Waals surface area contributed by atoms with Crippen LogP contribution in [0.15, 0.2) is 48.8 Å². The molecule has 0 fully saturated rings. The second-order valence-corrected chi connectivity index (χ2v) is 5.10. The van der Waals surface area contributed by atoms with Crippen LogP contribution in [0.3, 0.4) is 0 Å². The van der Waals surface area contributed by atoms with Gasteiger partial charge in [-0.05, 0) is 36.8 Å². The molecule has 0 unspecified atom stereocenters. The summed E-state index contributed by atoms with van der Waals surface area (Å²) in [6, 6.07) is 10.2. The monoisotopic (exact) mass is 318 g/mol.